The summed E-state index contributed by atoms with van der Waals surface area (Å²) in [6.07, 6.45) is 2.51. The third kappa shape index (κ3) is 6.83. The molecule has 0 spiro atoms. The standard InChI is InChI=1S/C24H28N2O11S4/c1-38-19-5-3-17(15-21(19)40(31,32)25-7-11-35-12-8-25)23(27)37-24(28)18-4-6-20(39(2,29)30)22(16-18)41(33,34)26-9-13-36-14-10-26/h3-6,15-16H,7-14H2,1-2H3. The molecule has 41 heavy (non-hydrogen) atoms. The van der Waals surface area contributed by atoms with E-state index in [4.69, 9.17) is 14.2 Å². The van der Waals surface area contributed by atoms with Gasteiger partial charge >= 0.3 is 11.9 Å². The van der Waals surface area contributed by atoms with E-state index in [1.807, 2.05) is 0 Å². The maximum absolute atomic E-state index is 13.3. The van der Waals surface area contributed by atoms with E-state index < -0.39 is 51.6 Å². The van der Waals surface area contributed by atoms with Crippen LogP contribution >= 0.6 is 11.8 Å². The monoisotopic (exact) mass is 648 g/mol. The van der Waals surface area contributed by atoms with E-state index in [0.29, 0.717) is 4.90 Å². The Kier molecular flexibility index (Phi) is 9.59. The molecule has 2 fully saturated rings. The van der Waals surface area contributed by atoms with Gasteiger partial charge in [-0.05, 0) is 42.7 Å². The predicted octanol–water partition coefficient (Wildman–Crippen LogP) is 0.851. The minimum absolute atomic E-state index is 0.0135. The van der Waals surface area contributed by atoms with E-state index in [0.717, 1.165) is 46.6 Å². The number of thioether (sulfide) groups is 1. The second kappa shape index (κ2) is 12.5. The van der Waals surface area contributed by atoms with Crippen molar-refractivity contribution in [2.24, 2.45) is 0 Å². The molecule has 0 N–H and O–H groups in total. The van der Waals surface area contributed by atoms with Crippen molar-refractivity contribution in [1.82, 2.24) is 8.61 Å². The number of morpholine rings is 2. The number of nitrogens with zero attached hydrogens (tertiary/aromatic N) is 2. The molecule has 224 valence electrons. The highest BCUT2D eigenvalue weighted by Crippen LogP contribution is 2.30. The third-order valence-corrected chi connectivity index (χ3v) is 12.4. The molecule has 0 atom stereocenters. The van der Waals surface area contributed by atoms with Gasteiger partial charge in [0.15, 0.2) is 9.84 Å². The Balaban J connectivity index is 1.64. The molecule has 0 aromatic heterocycles. The van der Waals surface area contributed by atoms with Gasteiger partial charge in [-0.25, -0.2) is 34.8 Å². The average molecular weight is 649 g/mol. The van der Waals surface area contributed by atoms with E-state index in [1.165, 1.54) is 16.4 Å². The number of carbonyl (C=O) groups is 2. The second-order valence-corrected chi connectivity index (χ2v) is 15.7. The molecule has 2 aliphatic rings. The molecule has 4 rings (SSSR count). The van der Waals surface area contributed by atoms with Crippen LogP contribution in [0, 0.1) is 0 Å². The van der Waals surface area contributed by atoms with Gasteiger partial charge in [0.25, 0.3) is 0 Å². The van der Waals surface area contributed by atoms with Gasteiger partial charge in [-0.3, -0.25) is 0 Å². The normalized spacial score (nSPS) is 17.7. The van der Waals surface area contributed by atoms with E-state index in [9.17, 15) is 34.8 Å². The van der Waals surface area contributed by atoms with Crippen molar-refractivity contribution in [3.63, 3.8) is 0 Å². The van der Waals surface area contributed by atoms with Crippen LogP contribution in [0.3, 0.4) is 0 Å². The van der Waals surface area contributed by atoms with Crippen LogP contribution in [-0.4, -0.2) is 111 Å². The fraction of sp³-hybridized carbons (Fsp3) is 0.417. The number of sulfonamides is 2. The van der Waals surface area contributed by atoms with Crippen molar-refractivity contribution in [3.8, 4) is 0 Å². The van der Waals surface area contributed by atoms with Crippen LogP contribution < -0.4 is 0 Å². The highest BCUT2D eigenvalue weighted by Gasteiger charge is 2.33. The molecule has 2 aromatic carbocycles. The third-order valence-electron chi connectivity index (χ3n) is 6.34. The van der Waals surface area contributed by atoms with Crippen LogP contribution in [0.2, 0.25) is 0 Å². The lowest BCUT2D eigenvalue weighted by Gasteiger charge is -2.27. The van der Waals surface area contributed by atoms with E-state index in [2.05, 4.69) is 0 Å². The number of ether oxygens (including phenoxy) is 3. The minimum Gasteiger partial charge on any atom is -0.386 e. The number of hydrogen-bond donors (Lipinski definition) is 0. The van der Waals surface area contributed by atoms with Crippen LogP contribution in [0.25, 0.3) is 0 Å². The van der Waals surface area contributed by atoms with Crippen molar-refractivity contribution in [2.45, 2.75) is 19.6 Å². The second-order valence-electron chi connectivity index (χ2n) is 9.01. The molecule has 0 saturated carbocycles. The smallest absolute Gasteiger partial charge is 0.346 e. The summed E-state index contributed by atoms with van der Waals surface area (Å²) in [5.41, 5.74) is -0.614. The van der Waals surface area contributed by atoms with Gasteiger partial charge in [-0.1, -0.05) is 0 Å². The molecule has 0 unspecified atom stereocenters. The summed E-state index contributed by atoms with van der Waals surface area (Å²) in [6, 6.07) is 6.70. The highest BCUT2D eigenvalue weighted by atomic mass is 32.2. The van der Waals surface area contributed by atoms with Crippen molar-refractivity contribution < 1.29 is 49.1 Å². The Hall–Kier alpha value is -2.38. The van der Waals surface area contributed by atoms with Crippen LogP contribution in [0.4, 0.5) is 0 Å². The Morgan fingerprint density at radius 1 is 0.707 bits per heavy atom. The zero-order valence-corrected chi connectivity index (χ0v) is 25.4. The van der Waals surface area contributed by atoms with Gasteiger partial charge in [-0.2, -0.15) is 8.61 Å². The molecular formula is C24H28N2O11S4. The molecule has 2 aromatic rings. The van der Waals surface area contributed by atoms with Gasteiger partial charge in [0.1, 0.15) is 4.90 Å². The number of hydrogen-bond acceptors (Lipinski definition) is 12. The van der Waals surface area contributed by atoms with Gasteiger partial charge in [0.05, 0.1) is 47.3 Å². The van der Waals surface area contributed by atoms with E-state index >= 15 is 0 Å². The molecule has 2 saturated heterocycles. The van der Waals surface area contributed by atoms with Gasteiger partial charge in [0.2, 0.25) is 20.0 Å². The van der Waals surface area contributed by atoms with Crippen molar-refractivity contribution in [3.05, 3.63) is 47.5 Å². The van der Waals surface area contributed by atoms with Crippen LogP contribution in [0.1, 0.15) is 20.7 Å². The Bertz CT molecular complexity index is 1660. The van der Waals surface area contributed by atoms with E-state index in [-0.39, 0.29) is 68.6 Å². The highest BCUT2D eigenvalue weighted by molar-refractivity contribution is 7.99. The zero-order valence-electron chi connectivity index (χ0n) is 22.1. The minimum atomic E-state index is -4.35. The van der Waals surface area contributed by atoms with Gasteiger partial charge in [-0.15, -0.1) is 11.8 Å². The lowest BCUT2D eigenvalue weighted by Crippen LogP contribution is -2.41. The fourth-order valence-corrected chi connectivity index (χ4v) is 9.75. The topological polar surface area (TPSA) is 171 Å². The molecule has 0 amide bonds. The van der Waals surface area contributed by atoms with Crippen LogP contribution in [-0.2, 0) is 44.1 Å². The maximum atomic E-state index is 13.3. The first-order valence-corrected chi connectivity index (χ1v) is 18.2. The summed E-state index contributed by atoms with van der Waals surface area (Å²) in [6.45, 7) is 0.938. The van der Waals surface area contributed by atoms with Gasteiger partial charge < -0.3 is 14.2 Å². The molecule has 0 bridgehead atoms. The summed E-state index contributed by atoms with van der Waals surface area (Å²) in [7, 11) is -12.4. The summed E-state index contributed by atoms with van der Waals surface area (Å²) in [4.78, 5) is 25.0. The van der Waals surface area contributed by atoms with Crippen molar-refractivity contribution in [1.29, 1.82) is 0 Å². The summed E-state index contributed by atoms with van der Waals surface area (Å²) in [5.74, 6) is -2.43. The van der Waals surface area contributed by atoms with Crippen molar-refractivity contribution in [2.75, 3.05) is 65.1 Å². The molecule has 0 aliphatic carbocycles. The lowest BCUT2D eigenvalue weighted by atomic mass is 10.2. The zero-order chi connectivity index (χ0) is 30.0. The summed E-state index contributed by atoms with van der Waals surface area (Å²) >= 11 is 1.16. The molecule has 13 nitrogen and oxygen atoms in total. The number of rotatable bonds is 8. The number of benzene rings is 2. The predicted molar refractivity (Wildman–Crippen MR) is 147 cm³/mol. The number of sulfone groups is 1. The maximum Gasteiger partial charge on any atom is 0.346 e. The Morgan fingerprint density at radius 2 is 1.15 bits per heavy atom. The SMILES string of the molecule is CSc1ccc(C(=O)OC(=O)c2ccc(S(C)(=O)=O)c(S(=O)(=O)N3CCOCC3)c2)cc1S(=O)(=O)N1CCOCC1. The van der Waals surface area contributed by atoms with Gasteiger partial charge in [0, 0.05) is 37.3 Å². The number of esters is 2. The largest absolute Gasteiger partial charge is 0.386 e. The molecular weight excluding hydrogens is 621 g/mol. The summed E-state index contributed by atoms with van der Waals surface area (Å²) < 4.78 is 95.6. The van der Waals surface area contributed by atoms with E-state index in [1.54, 1.807) is 6.26 Å². The first-order valence-electron chi connectivity index (χ1n) is 12.2. The first-order chi connectivity index (χ1) is 19.3. The lowest BCUT2D eigenvalue weighted by molar-refractivity contribution is 0.0397. The quantitative estimate of drug-likeness (QED) is 0.225. The molecule has 0 radical (unpaired) electrons. The Labute approximate surface area is 242 Å². The van der Waals surface area contributed by atoms with Crippen LogP contribution in [0.5, 0.6) is 0 Å². The average Bonchev–Trinajstić information content (AvgIpc) is 2.96. The number of carbonyl (C=O) groups excluding carboxylic acids is 2. The molecule has 2 heterocycles. The summed E-state index contributed by atoms with van der Waals surface area (Å²) in [5, 5.41) is 0. The Morgan fingerprint density at radius 3 is 1.61 bits per heavy atom. The van der Waals surface area contributed by atoms with Crippen molar-refractivity contribution >= 4 is 53.6 Å². The first kappa shape index (κ1) is 31.6. The molecule has 17 heteroatoms. The molecule has 2 aliphatic heterocycles. The van der Waals surface area contributed by atoms with Crippen LogP contribution in [0.15, 0.2) is 56.0 Å². The fourth-order valence-electron chi connectivity index (χ4n) is 4.20.